The van der Waals surface area contributed by atoms with Gasteiger partial charge in [-0.15, -0.1) is 0 Å². The summed E-state index contributed by atoms with van der Waals surface area (Å²) in [5.74, 6) is 1.46. The maximum Gasteiger partial charge on any atom is 0.259 e. The van der Waals surface area contributed by atoms with Gasteiger partial charge in [0.15, 0.2) is 11.5 Å². The Morgan fingerprint density at radius 1 is 1.20 bits per heavy atom. The number of rotatable bonds is 6. The van der Waals surface area contributed by atoms with E-state index in [1.54, 1.807) is 31.4 Å². The number of nitrogens with one attached hydrogen (secondary N) is 1. The molecule has 0 aliphatic rings. The SMILES string of the molecule is COc1cccc(-c2nc3ccccc3c(=O)[nH]2)c1OCCCC#N. The molecule has 0 radical (unpaired) electrons. The largest absolute Gasteiger partial charge is 0.493 e. The Balaban J connectivity index is 2.07. The minimum absolute atomic E-state index is 0.209. The van der Waals surface area contributed by atoms with E-state index in [0.717, 1.165) is 0 Å². The summed E-state index contributed by atoms with van der Waals surface area (Å²) in [7, 11) is 1.55. The number of aromatic nitrogens is 2. The van der Waals surface area contributed by atoms with E-state index >= 15 is 0 Å². The van der Waals surface area contributed by atoms with Crippen molar-refractivity contribution < 1.29 is 9.47 Å². The molecule has 0 saturated carbocycles. The number of unbranched alkanes of at least 4 members (excludes halogenated alkanes) is 1. The fraction of sp³-hybridized carbons (Fsp3) is 0.211. The number of aromatic amines is 1. The molecule has 0 spiro atoms. The van der Waals surface area contributed by atoms with Crippen LogP contribution in [0, 0.1) is 11.3 Å². The molecule has 0 aliphatic heterocycles. The molecule has 126 valence electrons. The maximum absolute atomic E-state index is 12.3. The molecular formula is C19H17N3O3. The average molecular weight is 335 g/mol. The van der Waals surface area contributed by atoms with Gasteiger partial charge in [0, 0.05) is 6.42 Å². The van der Waals surface area contributed by atoms with Crippen molar-refractivity contribution in [2.75, 3.05) is 13.7 Å². The van der Waals surface area contributed by atoms with Gasteiger partial charge in [0.05, 0.1) is 36.3 Å². The summed E-state index contributed by atoms with van der Waals surface area (Å²) in [6.07, 6.45) is 1.02. The lowest BCUT2D eigenvalue weighted by atomic mass is 10.1. The number of hydrogen-bond acceptors (Lipinski definition) is 5. The van der Waals surface area contributed by atoms with Crippen LogP contribution >= 0.6 is 0 Å². The van der Waals surface area contributed by atoms with E-state index in [2.05, 4.69) is 16.0 Å². The Bertz CT molecular complexity index is 989. The van der Waals surface area contributed by atoms with Crippen LogP contribution in [0.2, 0.25) is 0 Å². The van der Waals surface area contributed by atoms with Crippen LogP contribution in [-0.4, -0.2) is 23.7 Å². The van der Waals surface area contributed by atoms with E-state index in [4.69, 9.17) is 14.7 Å². The molecular weight excluding hydrogens is 318 g/mol. The monoisotopic (exact) mass is 335 g/mol. The molecule has 1 aromatic heterocycles. The van der Waals surface area contributed by atoms with Gasteiger partial charge in [-0.2, -0.15) is 5.26 Å². The van der Waals surface area contributed by atoms with Crippen LogP contribution in [0.1, 0.15) is 12.8 Å². The molecule has 0 bridgehead atoms. The van der Waals surface area contributed by atoms with Gasteiger partial charge in [0.25, 0.3) is 5.56 Å². The molecule has 6 heteroatoms. The number of para-hydroxylation sites is 2. The van der Waals surface area contributed by atoms with Crippen molar-refractivity contribution in [3.8, 4) is 29.0 Å². The van der Waals surface area contributed by atoms with Crippen molar-refractivity contribution in [3.05, 3.63) is 52.8 Å². The molecule has 6 nitrogen and oxygen atoms in total. The molecule has 0 unspecified atom stereocenters. The second kappa shape index (κ2) is 7.49. The molecule has 1 heterocycles. The van der Waals surface area contributed by atoms with Crippen LogP contribution in [-0.2, 0) is 0 Å². The number of methoxy groups -OCH3 is 1. The molecule has 3 aromatic rings. The van der Waals surface area contributed by atoms with Crippen molar-refractivity contribution in [2.45, 2.75) is 12.8 Å². The predicted octanol–water partition coefficient (Wildman–Crippen LogP) is 3.28. The van der Waals surface area contributed by atoms with Crippen LogP contribution in [0.25, 0.3) is 22.3 Å². The molecule has 0 amide bonds. The average Bonchev–Trinajstić information content (AvgIpc) is 2.65. The lowest BCUT2D eigenvalue weighted by molar-refractivity contribution is 0.292. The first-order valence-corrected chi connectivity index (χ1v) is 7.91. The smallest absolute Gasteiger partial charge is 0.259 e. The molecule has 0 saturated heterocycles. The Kier molecular flexibility index (Phi) is 4.95. The number of ether oxygens (including phenoxy) is 2. The zero-order valence-corrected chi connectivity index (χ0v) is 13.8. The second-order valence-electron chi connectivity index (χ2n) is 5.38. The normalized spacial score (nSPS) is 10.4. The quantitative estimate of drug-likeness (QED) is 0.698. The van der Waals surface area contributed by atoms with Crippen molar-refractivity contribution in [3.63, 3.8) is 0 Å². The van der Waals surface area contributed by atoms with Gasteiger partial charge in [-0.3, -0.25) is 4.79 Å². The van der Waals surface area contributed by atoms with Crippen LogP contribution in [0.15, 0.2) is 47.3 Å². The zero-order valence-electron chi connectivity index (χ0n) is 13.8. The summed E-state index contributed by atoms with van der Waals surface area (Å²) in [6, 6.07) is 14.7. The number of nitriles is 1. The summed E-state index contributed by atoms with van der Waals surface area (Å²) < 4.78 is 11.2. The summed E-state index contributed by atoms with van der Waals surface area (Å²) >= 11 is 0. The summed E-state index contributed by atoms with van der Waals surface area (Å²) in [5.41, 5.74) is 1.04. The Morgan fingerprint density at radius 2 is 2.04 bits per heavy atom. The predicted molar refractivity (Wildman–Crippen MR) is 94.7 cm³/mol. The number of H-pyrrole nitrogens is 1. The van der Waals surface area contributed by atoms with Crippen LogP contribution in [0.3, 0.4) is 0 Å². The Morgan fingerprint density at radius 3 is 2.84 bits per heavy atom. The van der Waals surface area contributed by atoms with Crippen molar-refractivity contribution in [2.24, 2.45) is 0 Å². The maximum atomic E-state index is 12.3. The summed E-state index contributed by atoms with van der Waals surface area (Å²) in [5, 5.41) is 9.18. The lowest BCUT2D eigenvalue weighted by Crippen LogP contribution is -2.10. The highest BCUT2D eigenvalue weighted by molar-refractivity contribution is 5.80. The van der Waals surface area contributed by atoms with Crippen molar-refractivity contribution in [1.29, 1.82) is 5.26 Å². The summed E-state index contributed by atoms with van der Waals surface area (Å²) in [4.78, 5) is 19.7. The Labute approximate surface area is 144 Å². The third kappa shape index (κ3) is 3.45. The molecule has 0 aliphatic carbocycles. The van der Waals surface area contributed by atoms with Crippen LogP contribution in [0.4, 0.5) is 0 Å². The molecule has 2 aromatic carbocycles. The van der Waals surface area contributed by atoms with Crippen LogP contribution in [0.5, 0.6) is 11.5 Å². The molecule has 1 N–H and O–H groups in total. The van der Waals surface area contributed by atoms with Gasteiger partial charge in [-0.05, 0) is 30.7 Å². The highest BCUT2D eigenvalue weighted by Gasteiger charge is 2.15. The zero-order chi connectivity index (χ0) is 17.6. The first kappa shape index (κ1) is 16.5. The van der Waals surface area contributed by atoms with Gasteiger partial charge in [-0.1, -0.05) is 18.2 Å². The highest BCUT2D eigenvalue weighted by Crippen LogP contribution is 2.36. The number of benzene rings is 2. The first-order valence-electron chi connectivity index (χ1n) is 7.91. The minimum Gasteiger partial charge on any atom is -0.493 e. The molecule has 0 atom stereocenters. The third-order valence-electron chi connectivity index (χ3n) is 3.75. The molecule has 25 heavy (non-hydrogen) atoms. The minimum atomic E-state index is -0.209. The van der Waals surface area contributed by atoms with E-state index in [9.17, 15) is 4.79 Å². The fourth-order valence-electron chi connectivity index (χ4n) is 2.55. The van der Waals surface area contributed by atoms with E-state index < -0.39 is 0 Å². The van der Waals surface area contributed by atoms with E-state index in [-0.39, 0.29) is 5.56 Å². The van der Waals surface area contributed by atoms with E-state index in [0.29, 0.717) is 53.2 Å². The van der Waals surface area contributed by atoms with Gasteiger partial charge in [-0.25, -0.2) is 4.98 Å². The summed E-state index contributed by atoms with van der Waals surface area (Å²) in [6.45, 7) is 0.374. The molecule has 3 rings (SSSR count). The lowest BCUT2D eigenvalue weighted by Gasteiger charge is -2.14. The number of nitrogens with zero attached hydrogens (tertiary/aromatic N) is 2. The number of hydrogen-bond donors (Lipinski definition) is 1. The third-order valence-corrected chi connectivity index (χ3v) is 3.75. The highest BCUT2D eigenvalue weighted by atomic mass is 16.5. The van der Waals surface area contributed by atoms with Gasteiger partial charge < -0.3 is 14.5 Å². The van der Waals surface area contributed by atoms with E-state index in [1.807, 2.05) is 18.2 Å². The second-order valence-corrected chi connectivity index (χ2v) is 5.38. The topological polar surface area (TPSA) is 88.0 Å². The molecule has 0 fully saturated rings. The Hall–Kier alpha value is -3.33. The van der Waals surface area contributed by atoms with Gasteiger partial charge in [0.2, 0.25) is 0 Å². The standard InChI is InChI=1S/C19H17N3O3/c1-24-16-10-6-8-14(17(16)25-12-5-4-11-20)18-21-15-9-3-2-7-13(15)19(23)22-18/h2-3,6-10H,4-5,12H2,1H3,(H,21,22,23). The first-order chi connectivity index (χ1) is 12.2. The van der Waals surface area contributed by atoms with E-state index in [1.165, 1.54) is 0 Å². The van der Waals surface area contributed by atoms with Crippen molar-refractivity contribution in [1.82, 2.24) is 9.97 Å². The fourth-order valence-corrected chi connectivity index (χ4v) is 2.55. The van der Waals surface area contributed by atoms with Gasteiger partial charge in [0.1, 0.15) is 5.82 Å². The number of fused-ring (bicyclic) bond motifs is 1. The van der Waals surface area contributed by atoms with Crippen LogP contribution < -0.4 is 15.0 Å². The van der Waals surface area contributed by atoms with Gasteiger partial charge >= 0.3 is 0 Å². The van der Waals surface area contributed by atoms with Crippen molar-refractivity contribution >= 4 is 10.9 Å².